The third-order valence-corrected chi connectivity index (χ3v) is 4.81. The van der Waals surface area contributed by atoms with Crippen molar-refractivity contribution < 1.29 is 0 Å². The zero-order chi connectivity index (χ0) is 14.1. The van der Waals surface area contributed by atoms with Gasteiger partial charge in [-0.2, -0.15) is 0 Å². The lowest BCUT2D eigenvalue weighted by molar-refractivity contribution is 0.438. The number of hydrogen-bond donors (Lipinski definition) is 1. The molecule has 0 radical (unpaired) electrons. The Bertz CT molecular complexity index is 733. The van der Waals surface area contributed by atoms with E-state index in [1.807, 2.05) is 0 Å². The Kier molecular flexibility index (Phi) is 3.27. The van der Waals surface area contributed by atoms with Crippen molar-refractivity contribution in [1.82, 2.24) is 4.98 Å². The SMILES string of the molecule is c1ccc(-c2cccc3cc(C4CCCCC4)[nH]c23)cc1. The molecule has 0 aliphatic heterocycles. The predicted octanol–water partition coefficient (Wildman–Crippen LogP) is 5.88. The third-order valence-electron chi connectivity index (χ3n) is 4.81. The Labute approximate surface area is 126 Å². The largest absolute Gasteiger partial charge is 0.358 e. The number of fused-ring (bicyclic) bond motifs is 1. The van der Waals surface area contributed by atoms with E-state index in [4.69, 9.17) is 0 Å². The number of H-pyrrole nitrogens is 1. The molecule has 1 nitrogen and oxygen atoms in total. The molecule has 1 heterocycles. The van der Waals surface area contributed by atoms with Gasteiger partial charge in [0.25, 0.3) is 0 Å². The summed E-state index contributed by atoms with van der Waals surface area (Å²) >= 11 is 0. The van der Waals surface area contributed by atoms with Crippen molar-refractivity contribution in [3.05, 3.63) is 60.3 Å². The van der Waals surface area contributed by atoms with Gasteiger partial charge in [-0.1, -0.05) is 67.8 Å². The lowest BCUT2D eigenvalue weighted by atomic mass is 9.87. The Morgan fingerprint density at radius 1 is 0.810 bits per heavy atom. The van der Waals surface area contributed by atoms with Crippen molar-refractivity contribution in [3.8, 4) is 11.1 Å². The van der Waals surface area contributed by atoms with Gasteiger partial charge in [-0.25, -0.2) is 0 Å². The summed E-state index contributed by atoms with van der Waals surface area (Å²) < 4.78 is 0. The van der Waals surface area contributed by atoms with Crippen LogP contribution in [0.4, 0.5) is 0 Å². The smallest absolute Gasteiger partial charge is 0.0535 e. The van der Waals surface area contributed by atoms with Gasteiger partial charge in [0.2, 0.25) is 0 Å². The molecule has 1 fully saturated rings. The Morgan fingerprint density at radius 3 is 2.43 bits per heavy atom. The quantitative estimate of drug-likeness (QED) is 0.601. The van der Waals surface area contributed by atoms with Crippen LogP contribution in [0.2, 0.25) is 0 Å². The fraction of sp³-hybridized carbons (Fsp3) is 0.300. The summed E-state index contributed by atoms with van der Waals surface area (Å²) in [6.45, 7) is 0. The number of nitrogens with one attached hydrogen (secondary N) is 1. The van der Waals surface area contributed by atoms with Crippen molar-refractivity contribution in [2.24, 2.45) is 0 Å². The molecule has 21 heavy (non-hydrogen) atoms. The van der Waals surface area contributed by atoms with Gasteiger partial charge in [-0.15, -0.1) is 0 Å². The van der Waals surface area contributed by atoms with E-state index in [2.05, 4.69) is 59.6 Å². The average molecular weight is 275 g/mol. The molecule has 1 aliphatic carbocycles. The summed E-state index contributed by atoms with van der Waals surface area (Å²) in [5.74, 6) is 0.731. The van der Waals surface area contributed by atoms with Crippen molar-refractivity contribution in [2.75, 3.05) is 0 Å². The van der Waals surface area contributed by atoms with E-state index in [0.717, 1.165) is 5.92 Å². The standard InChI is InChI=1S/C20H21N/c1-3-8-15(9-4-1)18-13-7-12-17-14-19(21-20(17)18)16-10-5-2-6-11-16/h1,3-4,7-9,12-14,16,21H,2,5-6,10-11H2. The fourth-order valence-electron chi connectivity index (χ4n) is 3.67. The highest BCUT2D eigenvalue weighted by Crippen LogP contribution is 2.36. The first-order valence-corrected chi connectivity index (χ1v) is 8.09. The third kappa shape index (κ3) is 2.37. The lowest BCUT2D eigenvalue weighted by Crippen LogP contribution is -2.04. The highest BCUT2D eigenvalue weighted by atomic mass is 14.7. The topological polar surface area (TPSA) is 15.8 Å². The van der Waals surface area contributed by atoms with Gasteiger partial charge in [0.1, 0.15) is 0 Å². The van der Waals surface area contributed by atoms with Crippen LogP contribution >= 0.6 is 0 Å². The van der Waals surface area contributed by atoms with Crippen LogP contribution in [0.25, 0.3) is 22.0 Å². The van der Waals surface area contributed by atoms with Gasteiger partial charge >= 0.3 is 0 Å². The molecule has 1 aromatic heterocycles. The molecular formula is C20H21N. The van der Waals surface area contributed by atoms with Crippen LogP contribution in [0.1, 0.15) is 43.7 Å². The molecule has 0 saturated heterocycles. The molecule has 0 spiro atoms. The van der Waals surface area contributed by atoms with E-state index < -0.39 is 0 Å². The molecule has 1 saturated carbocycles. The first-order chi connectivity index (χ1) is 10.4. The zero-order valence-electron chi connectivity index (χ0n) is 12.3. The molecular weight excluding hydrogens is 254 g/mol. The van der Waals surface area contributed by atoms with Gasteiger partial charge in [-0.3, -0.25) is 0 Å². The van der Waals surface area contributed by atoms with Gasteiger partial charge in [-0.05, 0) is 30.4 Å². The maximum Gasteiger partial charge on any atom is 0.0535 e. The number of aromatic nitrogens is 1. The molecule has 0 bridgehead atoms. The molecule has 1 aliphatic rings. The Hall–Kier alpha value is -2.02. The molecule has 1 heteroatoms. The van der Waals surface area contributed by atoms with Crippen LogP contribution in [0.5, 0.6) is 0 Å². The molecule has 0 amide bonds. The summed E-state index contributed by atoms with van der Waals surface area (Å²) in [6.07, 6.45) is 6.85. The number of aromatic amines is 1. The summed E-state index contributed by atoms with van der Waals surface area (Å²) in [4.78, 5) is 3.73. The lowest BCUT2D eigenvalue weighted by Gasteiger charge is -2.20. The summed E-state index contributed by atoms with van der Waals surface area (Å²) in [5.41, 5.74) is 5.34. The second-order valence-electron chi connectivity index (χ2n) is 6.20. The van der Waals surface area contributed by atoms with E-state index in [9.17, 15) is 0 Å². The Balaban J connectivity index is 1.80. The van der Waals surface area contributed by atoms with Gasteiger partial charge in [0.15, 0.2) is 0 Å². The monoisotopic (exact) mass is 275 g/mol. The van der Waals surface area contributed by atoms with Gasteiger partial charge < -0.3 is 4.98 Å². The van der Waals surface area contributed by atoms with Crippen molar-refractivity contribution in [3.63, 3.8) is 0 Å². The summed E-state index contributed by atoms with van der Waals surface area (Å²) in [6, 6.07) is 19.7. The van der Waals surface area contributed by atoms with Crippen LogP contribution in [0.15, 0.2) is 54.6 Å². The molecule has 1 N–H and O–H groups in total. The molecule has 2 aromatic carbocycles. The van der Waals surface area contributed by atoms with E-state index in [-0.39, 0.29) is 0 Å². The number of benzene rings is 2. The highest BCUT2D eigenvalue weighted by Gasteiger charge is 2.18. The normalized spacial score (nSPS) is 16.4. The minimum atomic E-state index is 0.731. The van der Waals surface area contributed by atoms with Gasteiger partial charge in [0, 0.05) is 16.6 Å². The van der Waals surface area contributed by atoms with Crippen LogP contribution < -0.4 is 0 Å². The molecule has 106 valence electrons. The van der Waals surface area contributed by atoms with Crippen molar-refractivity contribution in [1.29, 1.82) is 0 Å². The van der Waals surface area contributed by atoms with Crippen LogP contribution in [-0.4, -0.2) is 4.98 Å². The maximum atomic E-state index is 3.73. The van der Waals surface area contributed by atoms with Crippen molar-refractivity contribution in [2.45, 2.75) is 38.0 Å². The number of rotatable bonds is 2. The minimum Gasteiger partial charge on any atom is -0.358 e. The van der Waals surface area contributed by atoms with E-state index in [0.29, 0.717) is 0 Å². The van der Waals surface area contributed by atoms with E-state index >= 15 is 0 Å². The van der Waals surface area contributed by atoms with Gasteiger partial charge in [0.05, 0.1) is 5.52 Å². The summed E-state index contributed by atoms with van der Waals surface area (Å²) in [5, 5.41) is 1.34. The Morgan fingerprint density at radius 2 is 1.62 bits per heavy atom. The van der Waals surface area contributed by atoms with Crippen LogP contribution in [-0.2, 0) is 0 Å². The highest BCUT2D eigenvalue weighted by molar-refractivity contribution is 5.94. The van der Waals surface area contributed by atoms with E-state index in [1.54, 1.807) is 0 Å². The average Bonchev–Trinajstić information content (AvgIpc) is 3.00. The van der Waals surface area contributed by atoms with E-state index in [1.165, 1.54) is 59.8 Å². The summed E-state index contributed by atoms with van der Waals surface area (Å²) in [7, 11) is 0. The first kappa shape index (κ1) is 12.7. The molecule has 3 aromatic rings. The van der Waals surface area contributed by atoms with Crippen LogP contribution in [0, 0.1) is 0 Å². The maximum absolute atomic E-state index is 3.73. The predicted molar refractivity (Wildman–Crippen MR) is 89.6 cm³/mol. The minimum absolute atomic E-state index is 0.731. The molecule has 0 unspecified atom stereocenters. The molecule has 4 rings (SSSR count). The van der Waals surface area contributed by atoms with Crippen molar-refractivity contribution >= 4 is 10.9 Å². The second-order valence-corrected chi connectivity index (χ2v) is 6.20. The molecule has 0 atom stereocenters. The fourth-order valence-corrected chi connectivity index (χ4v) is 3.67. The zero-order valence-corrected chi connectivity index (χ0v) is 12.3. The van der Waals surface area contributed by atoms with Crippen LogP contribution in [0.3, 0.4) is 0 Å². The second kappa shape index (κ2) is 5.40. The first-order valence-electron chi connectivity index (χ1n) is 8.09. The number of hydrogen-bond acceptors (Lipinski definition) is 0. The number of para-hydroxylation sites is 1.